The number of aliphatic hydroxyl groups excluding tert-OH is 1. The molecule has 20 heavy (non-hydrogen) atoms. The monoisotopic (exact) mass is 280 g/mol. The summed E-state index contributed by atoms with van der Waals surface area (Å²) in [7, 11) is 0. The number of phenols is 2. The van der Waals surface area contributed by atoms with E-state index in [0.717, 1.165) is 50.5 Å². The summed E-state index contributed by atoms with van der Waals surface area (Å²) < 4.78 is 0. The van der Waals surface area contributed by atoms with Gasteiger partial charge in [-0.15, -0.1) is 0 Å². The number of aryl methyl sites for hydroxylation is 1. The van der Waals surface area contributed by atoms with Crippen molar-refractivity contribution in [3.63, 3.8) is 0 Å². The lowest BCUT2D eigenvalue weighted by atomic mass is 9.99. The van der Waals surface area contributed by atoms with Gasteiger partial charge in [-0.25, -0.2) is 0 Å². The summed E-state index contributed by atoms with van der Waals surface area (Å²) in [5.41, 5.74) is 1.65. The Morgan fingerprint density at radius 3 is 2.00 bits per heavy atom. The number of aromatic hydroxyl groups is 2. The van der Waals surface area contributed by atoms with Crippen molar-refractivity contribution in [1.29, 1.82) is 0 Å². The number of rotatable bonds is 10. The van der Waals surface area contributed by atoms with Gasteiger partial charge >= 0.3 is 0 Å². The molecule has 3 heteroatoms. The molecule has 0 atom stereocenters. The average Bonchev–Trinajstić information content (AvgIpc) is 2.42. The molecular formula is C17H28O3. The Bertz CT molecular complexity index is 365. The first-order valence-electron chi connectivity index (χ1n) is 7.83. The van der Waals surface area contributed by atoms with Crippen LogP contribution in [0.15, 0.2) is 12.1 Å². The minimum atomic E-state index is 0.221. The minimum absolute atomic E-state index is 0.221. The van der Waals surface area contributed by atoms with E-state index in [1.54, 1.807) is 12.1 Å². The fraction of sp³-hybridized carbons (Fsp3) is 0.647. The van der Waals surface area contributed by atoms with Crippen LogP contribution in [0.5, 0.6) is 11.5 Å². The van der Waals surface area contributed by atoms with Gasteiger partial charge in [-0.1, -0.05) is 32.6 Å². The summed E-state index contributed by atoms with van der Waals surface area (Å²) >= 11 is 0. The SMILES string of the molecule is CCCCCCc1c(O)cc(CCCCCO)cc1O. The van der Waals surface area contributed by atoms with Gasteiger partial charge in [0.05, 0.1) is 0 Å². The third-order valence-corrected chi connectivity index (χ3v) is 3.67. The molecule has 1 aromatic carbocycles. The molecule has 0 radical (unpaired) electrons. The maximum Gasteiger partial charge on any atom is 0.122 e. The fourth-order valence-electron chi connectivity index (χ4n) is 2.45. The van der Waals surface area contributed by atoms with Gasteiger partial charge in [0.1, 0.15) is 11.5 Å². The van der Waals surface area contributed by atoms with E-state index in [4.69, 9.17) is 5.11 Å². The number of unbranched alkanes of at least 4 members (excludes halogenated alkanes) is 5. The van der Waals surface area contributed by atoms with Gasteiger partial charge in [0, 0.05) is 12.2 Å². The van der Waals surface area contributed by atoms with E-state index < -0.39 is 0 Å². The van der Waals surface area contributed by atoms with E-state index in [0.29, 0.717) is 5.56 Å². The first kappa shape index (κ1) is 16.8. The van der Waals surface area contributed by atoms with E-state index in [2.05, 4.69) is 6.92 Å². The molecule has 0 saturated heterocycles. The second-order valence-electron chi connectivity index (χ2n) is 5.46. The third-order valence-electron chi connectivity index (χ3n) is 3.67. The molecule has 1 aromatic rings. The predicted octanol–water partition coefficient (Wildman–Crippen LogP) is 3.93. The highest BCUT2D eigenvalue weighted by Crippen LogP contribution is 2.31. The Labute approximate surface area is 122 Å². The van der Waals surface area contributed by atoms with Gasteiger partial charge in [-0.05, 0) is 49.8 Å². The molecule has 3 N–H and O–H groups in total. The summed E-state index contributed by atoms with van der Waals surface area (Å²) in [5, 5.41) is 28.8. The molecule has 1 rings (SSSR count). The zero-order valence-corrected chi connectivity index (χ0v) is 12.6. The maximum atomic E-state index is 10.0. The van der Waals surface area contributed by atoms with E-state index >= 15 is 0 Å². The van der Waals surface area contributed by atoms with Crippen LogP contribution in [0.1, 0.15) is 63.0 Å². The number of phenolic OH excluding ortho intramolecular Hbond substituents is 2. The van der Waals surface area contributed by atoms with Gasteiger partial charge in [-0.2, -0.15) is 0 Å². The van der Waals surface area contributed by atoms with Crippen molar-refractivity contribution < 1.29 is 15.3 Å². The lowest BCUT2D eigenvalue weighted by Crippen LogP contribution is -1.93. The second-order valence-corrected chi connectivity index (χ2v) is 5.46. The first-order valence-corrected chi connectivity index (χ1v) is 7.83. The van der Waals surface area contributed by atoms with Gasteiger partial charge in [0.25, 0.3) is 0 Å². The topological polar surface area (TPSA) is 60.7 Å². The van der Waals surface area contributed by atoms with E-state index in [1.807, 2.05) is 0 Å². The van der Waals surface area contributed by atoms with Crippen LogP contribution in [0.4, 0.5) is 0 Å². The summed E-state index contributed by atoms with van der Waals surface area (Å²) in [4.78, 5) is 0. The summed E-state index contributed by atoms with van der Waals surface area (Å²) in [6, 6.07) is 3.54. The van der Waals surface area contributed by atoms with Crippen LogP contribution in [0, 0.1) is 0 Å². The van der Waals surface area contributed by atoms with Crippen LogP contribution in [0.25, 0.3) is 0 Å². The highest BCUT2D eigenvalue weighted by molar-refractivity contribution is 5.46. The molecule has 0 aliphatic carbocycles. The molecule has 0 saturated carbocycles. The molecule has 0 aromatic heterocycles. The van der Waals surface area contributed by atoms with Crippen LogP contribution >= 0.6 is 0 Å². The highest BCUT2D eigenvalue weighted by atomic mass is 16.3. The number of hydrogen-bond acceptors (Lipinski definition) is 3. The van der Waals surface area contributed by atoms with Crippen molar-refractivity contribution in [2.45, 2.75) is 64.7 Å². The summed E-state index contributed by atoms with van der Waals surface area (Å²) in [6.45, 7) is 2.40. The van der Waals surface area contributed by atoms with Crippen LogP contribution in [-0.2, 0) is 12.8 Å². The molecular weight excluding hydrogens is 252 g/mol. The summed E-state index contributed by atoms with van der Waals surface area (Å²) in [6.07, 6.45) is 8.84. The summed E-state index contributed by atoms with van der Waals surface area (Å²) in [5.74, 6) is 0.442. The van der Waals surface area contributed by atoms with Crippen LogP contribution in [0.3, 0.4) is 0 Å². The lowest BCUT2D eigenvalue weighted by Gasteiger charge is -2.10. The van der Waals surface area contributed by atoms with Crippen molar-refractivity contribution >= 4 is 0 Å². The van der Waals surface area contributed by atoms with Crippen LogP contribution in [-0.4, -0.2) is 21.9 Å². The van der Waals surface area contributed by atoms with Crippen LogP contribution in [0.2, 0.25) is 0 Å². The van der Waals surface area contributed by atoms with E-state index in [-0.39, 0.29) is 18.1 Å². The standard InChI is InChI=1S/C17H28O3/c1-2-3-4-7-10-15-16(19)12-14(13-17(15)20)9-6-5-8-11-18/h12-13,18-20H,2-11H2,1H3. The molecule has 0 bridgehead atoms. The largest absolute Gasteiger partial charge is 0.508 e. The highest BCUT2D eigenvalue weighted by Gasteiger charge is 2.09. The molecule has 0 aliphatic heterocycles. The Hall–Kier alpha value is -1.22. The fourth-order valence-corrected chi connectivity index (χ4v) is 2.45. The molecule has 0 heterocycles. The van der Waals surface area contributed by atoms with Gasteiger partial charge in [0.2, 0.25) is 0 Å². The quantitative estimate of drug-likeness (QED) is 0.569. The minimum Gasteiger partial charge on any atom is -0.508 e. The molecule has 0 unspecified atom stereocenters. The molecule has 3 nitrogen and oxygen atoms in total. The van der Waals surface area contributed by atoms with Gasteiger partial charge in [-0.3, -0.25) is 0 Å². The first-order chi connectivity index (χ1) is 9.69. The Balaban J connectivity index is 2.52. The smallest absolute Gasteiger partial charge is 0.122 e. The molecule has 0 fully saturated rings. The van der Waals surface area contributed by atoms with Crippen molar-refractivity contribution in [1.82, 2.24) is 0 Å². The normalized spacial score (nSPS) is 10.9. The van der Waals surface area contributed by atoms with Crippen molar-refractivity contribution in [2.75, 3.05) is 6.61 Å². The predicted molar refractivity (Wildman–Crippen MR) is 82.3 cm³/mol. The second kappa shape index (κ2) is 9.65. The molecule has 0 amide bonds. The lowest BCUT2D eigenvalue weighted by molar-refractivity contribution is 0.283. The van der Waals surface area contributed by atoms with Gasteiger partial charge < -0.3 is 15.3 Å². The Morgan fingerprint density at radius 2 is 1.40 bits per heavy atom. The molecule has 114 valence electrons. The van der Waals surface area contributed by atoms with Crippen molar-refractivity contribution in [3.8, 4) is 11.5 Å². The molecule has 0 spiro atoms. The van der Waals surface area contributed by atoms with Crippen molar-refractivity contribution in [3.05, 3.63) is 23.3 Å². The molecule has 0 aliphatic rings. The zero-order valence-electron chi connectivity index (χ0n) is 12.6. The maximum absolute atomic E-state index is 10.0. The van der Waals surface area contributed by atoms with E-state index in [1.165, 1.54) is 12.8 Å². The number of aliphatic hydroxyl groups is 1. The third kappa shape index (κ3) is 5.83. The number of benzene rings is 1. The van der Waals surface area contributed by atoms with E-state index in [9.17, 15) is 10.2 Å². The van der Waals surface area contributed by atoms with Crippen molar-refractivity contribution in [2.24, 2.45) is 0 Å². The van der Waals surface area contributed by atoms with Gasteiger partial charge in [0.15, 0.2) is 0 Å². The van der Waals surface area contributed by atoms with Crippen LogP contribution < -0.4 is 0 Å². The zero-order chi connectivity index (χ0) is 14.8. The average molecular weight is 280 g/mol. The Morgan fingerprint density at radius 1 is 0.800 bits per heavy atom. The number of hydrogen-bond donors (Lipinski definition) is 3. The Kier molecular flexibility index (Phi) is 8.12.